The Morgan fingerprint density at radius 2 is 2.11 bits per heavy atom. The normalized spacial score (nSPS) is 12.8. The van der Waals surface area contributed by atoms with E-state index >= 15 is 0 Å². The number of fused-ring (bicyclic) bond motifs is 1. The van der Waals surface area contributed by atoms with Crippen molar-refractivity contribution in [3.05, 3.63) is 64.9 Å². The molecule has 1 aliphatic heterocycles. The van der Waals surface area contributed by atoms with Gasteiger partial charge in [-0.1, -0.05) is 17.8 Å². The SMILES string of the molecule is Cc1ccc(Sc2ncccc2C(=O)NCc2nnc3n2CCC3)cc1C. The van der Waals surface area contributed by atoms with Gasteiger partial charge in [-0.15, -0.1) is 10.2 Å². The third-order valence-electron chi connectivity index (χ3n) is 4.80. The monoisotopic (exact) mass is 379 g/mol. The van der Waals surface area contributed by atoms with Gasteiger partial charge in [0.15, 0.2) is 5.82 Å². The minimum Gasteiger partial charge on any atom is -0.345 e. The van der Waals surface area contributed by atoms with Crippen molar-refractivity contribution >= 4 is 17.7 Å². The minimum absolute atomic E-state index is 0.148. The number of aryl methyl sites for hydroxylation is 3. The Bertz CT molecular complexity index is 998. The van der Waals surface area contributed by atoms with E-state index in [9.17, 15) is 4.79 Å². The second kappa shape index (κ2) is 7.52. The molecule has 0 saturated carbocycles. The molecule has 0 fully saturated rings. The molecule has 0 unspecified atom stereocenters. The van der Waals surface area contributed by atoms with E-state index in [1.54, 1.807) is 18.3 Å². The first-order valence-corrected chi connectivity index (χ1v) is 9.83. The van der Waals surface area contributed by atoms with Crippen LogP contribution in [0.2, 0.25) is 0 Å². The van der Waals surface area contributed by atoms with E-state index in [0.29, 0.717) is 17.1 Å². The maximum absolute atomic E-state index is 12.8. The number of rotatable bonds is 5. The lowest BCUT2D eigenvalue weighted by atomic mass is 10.1. The fourth-order valence-corrected chi connectivity index (χ4v) is 4.11. The molecule has 3 aromatic rings. The lowest BCUT2D eigenvalue weighted by Gasteiger charge is -2.10. The lowest BCUT2D eigenvalue weighted by Crippen LogP contribution is -2.25. The Hall–Kier alpha value is -2.67. The Kier molecular flexibility index (Phi) is 4.94. The average Bonchev–Trinajstić information content (AvgIpc) is 3.27. The fraction of sp³-hybridized carbons (Fsp3) is 0.300. The van der Waals surface area contributed by atoms with Crippen molar-refractivity contribution in [2.75, 3.05) is 0 Å². The largest absolute Gasteiger partial charge is 0.345 e. The molecular weight excluding hydrogens is 358 g/mol. The van der Waals surface area contributed by atoms with Gasteiger partial charge in [0.1, 0.15) is 10.9 Å². The summed E-state index contributed by atoms with van der Waals surface area (Å²) in [7, 11) is 0. The summed E-state index contributed by atoms with van der Waals surface area (Å²) in [5.74, 6) is 1.67. The molecule has 1 amide bonds. The van der Waals surface area contributed by atoms with Crippen molar-refractivity contribution in [2.45, 2.75) is 49.7 Å². The molecular formula is C20H21N5OS. The summed E-state index contributed by atoms with van der Waals surface area (Å²) in [6, 6.07) is 9.86. The molecule has 2 aromatic heterocycles. The Labute approximate surface area is 162 Å². The molecule has 138 valence electrons. The summed E-state index contributed by atoms with van der Waals surface area (Å²) in [5.41, 5.74) is 3.05. The van der Waals surface area contributed by atoms with Crippen LogP contribution in [-0.4, -0.2) is 25.7 Å². The van der Waals surface area contributed by atoms with Crippen molar-refractivity contribution in [3.8, 4) is 0 Å². The topological polar surface area (TPSA) is 72.7 Å². The number of amides is 1. The third-order valence-corrected chi connectivity index (χ3v) is 5.81. The van der Waals surface area contributed by atoms with Crippen LogP contribution in [0.3, 0.4) is 0 Å². The predicted molar refractivity (Wildman–Crippen MR) is 104 cm³/mol. The summed E-state index contributed by atoms with van der Waals surface area (Å²) in [6.07, 6.45) is 3.76. The second-order valence-corrected chi connectivity index (χ2v) is 7.74. The first-order valence-electron chi connectivity index (χ1n) is 9.01. The number of aromatic nitrogens is 4. The molecule has 1 N–H and O–H groups in total. The highest BCUT2D eigenvalue weighted by Gasteiger charge is 2.19. The Morgan fingerprint density at radius 1 is 1.22 bits per heavy atom. The number of hydrogen-bond acceptors (Lipinski definition) is 5. The highest BCUT2D eigenvalue weighted by Crippen LogP contribution is 2.30. The van der Waals surface area contributed by atoms with Crippen molar-refractivity contribution in [1.82, 2.24) is 25.1 Å². The van der Waals surface area contributed by atoms with Gasteiger partial charge in [-0.2, -0.15) is 0 Å². The molecule has 1 aromatic carbocycles. The lowest BCUT2D eigenvalue weighted by molar-refractivity contribution is 0.0946. The highest BCUT2D eigenvalue weighted by atomic mass is 32.2. The van der Waals surface area contributed by atoms with Gasteiger partial charge in [-0.3, -0.25) is 4.79 Å². The summed E-state index contributed by atoms with van der Waals surface area (Å²) < 4.78 is 2.09. The molecule has 7 heteroatoms. The number of nitrogens with one attached hydrogen (secondary N) is 1. The third kappa shape index (κ3) is 3.73. The average molecular weight is 379 g/mol. The second-order valence-electron chi connectivity index (χ2n) is 6.67. The molecule has 0 aliphatic carbocycles. The quantitative estimate of drug-likeness (QED) is 0.736. The van der Waals surface area contributed by atoms with Gasteiger partial charge >= 0.3 is 0 Å². The maximum Gasteiger partial charge on any atom is 0.254 e. The number of hydrogen-bond donors (Lipinski definition) is 1. The maximum atomic E-state index is 12.8. The first kappa shape index (κ1) is 17.7. The van der Waals surface area contributed by atoms with Crippen LogP contribution in [0.25, 0.3) is 0 Å². The van der Waals surface area contributed by atoms with Gasteiger partial charge in [-0.25, -0.2) is 4.98 Å². The van der Waals surface area contributed by atoms with E-state index in [2.05, 4.69) is 57.1 Å². The minimum atomic E-state index is -0.148. The van der Waals surface area contributed by atoms with E-state index < -0.39 is 0 Å². The van der Waals surface area contributed by atoms with Gasteiger partial charge in [0.05, 0.1) is 12.1 Å². The van der Waals surface area contributed by atoms with Crippen LogP contribution in [0.5, 0.6) is 0 Å². The molecule has 0 spiro atoms. The number of pyridine rings is 1. The molecule has 3 heterocycles. The highest BCUT2D eigenvalue weighted by molar-refractivity contribution is 7.99. The van der Waals surface area contributed by atoms with E-state index in [1.165, 1.54) is 22.9 Å². The van der Waals surface area contributed by atoms with Gasteiger partial charge in [0, 0.05) is 24.1 Å². The molecule has 4 rings (SSSR count). The summed E-state index contributed by atoms with van der Waals surface area (Å²) >= 11 is 1.50. The van der Waals surface area contributed by atoms with Gasteiger partial charge < -0.3 is 9.88 Å². The Balaban J connectivity index is 1.49. The molecule has 6 nitrogen and oxygen atoms in total. The van der Waals surface area contributed by atoms with E-state index in [4.69, 9.17) is 0 Å². The van der Waals surface area contributed by atoms with Crippen LogP contribution in [-0.2, 0) is 19.5 Å². The van der Waals surface area contributed by atoms with Crippen LogP contribution in [0.1, 0.15) is 39.6 Å². The van der Waals surface area contributed by atoms with Crippen molar-refractivity contribution in [2.24, 2.45) is 0 Å². The van der Waals surface area contributed by atoms with Crippen LogP contribution >= 0.6 is 11.8 Å². The van der Waals surface area contributed by atoms with Gasteiger partial charge in [0.2, 0.25) is 0 Å². The van der Waals surface area contributed by atoms with Crippen LogP contribution in [0, 0.1) is 13.8 Å². The Morgan fingerprint density at radius 3 is 2.96 bits per heavy atom. The molecule has 0 bridgehead atoms. The standard InChI is InChI=1S/C20H21N5OS/c1-13-7-8-15(11-14(13)2)27-20-16(5-3-9-21-20)19(26)22-12-18-24-23-17-6-4-10-25(17)18/h3,5,7-9,11H,4,6,10,12H2,1-2H3,(H,22,26). The van der Waals surface area contributed by atoms with E-state index in [0.717, 1.165) is 35.9 Å². The summed E-state index contributed by atoms with van der Waals surface area (Å²) in [5, 5.41) is 12.0. The predicted octanol–water partition coefficient (Wildman–Crippen LogP) is 3.32. The fourth-order valence-electron chi connectivity index (χ4n) is 3.13. The van der Waals surface area contributed by atoms with Gasteiger partial charge in [0.25, 0.3) is 5.91 Å². The molecule has 0 radical (unpaired) electrons. The van der Waals surface area contributed by atoms with Crippen LogP contribution in [0.4, 0.5) is 0 Å². The van der Waals surface area contributed by atoms with Crippen molar-refractivity contribution < 1.29 is 4.79 Å². The first-order chi connectivity index (χ1) is 13.1. The van der Waals surface area contributed by atoms with Crippen molar-refractivity contribution in [1.29, 1.82) is 0 Å². The van der Waals surface area contributed by atoms with E-state index in [-0.39, 0.29) is 5.91 Å². The van der Waals surface area contributed by atoms with E-state index in [1.807, 2.05) is 0 Å². The number of nitrogens with zero attached hydrogens (tertiary/aromatic N) is 4. The molecule has 0 saturated heterocycles. The smallest absolute Gasteiger partial charge is 0.254 e. The zero-order valence-electron chi connectivity index (χ0n) is 15.4. The number of benzene rings is 1. The molecule has 1 aliphatic rings. The molecule has 27 heavy (non-hydrogen) atoms. The van der Waals surface area contributed by atoms with Crippen LogP contribution in [0.15, 0.2) is 46.5 Å². The summed E-state index contributed by atoms with van der Waals surface area (Å²) in [6.45, 7) is 5.47. The van der Waals surface area contributed by atoms with Gasteiger partial charge in [-0.05, 0) is 55.7 Å². The number of carbonyl (C=O) groups is 1. The zero-order valence-corrected chi connectivity index (χ0v) is 16.2. The number of carbonyl (C=O) groups excluding carboxylic acids is 1. The summed E-state index contributed by atoms with van der Waals surface area (Å²) in [4.78, 5) is 18.2. The molecule has 0 atom stereocenters. The van der Waals surface area contributed by atoms with Crippen LogP contribution < -0.4 is 5.32 Å². The van der Waals surface area contributed by atoms with Crippen molar-refractivity contribution in [3.63, 3.8) is 0 Å². The zero-order chi connectivity index (χ0) is 18.8.